The van der Waals surface area contributed by atoms with E-state index >= 15 is 0 Å². The largest absolute Gasteiger partial charge is 0.497 e. The van der Waals surface area contributed by atoms with Crippen LogP contribution < -0.4 is 24.5 Å². The summed E-state index contributed by atoms with van der Waals surface area (Å²) >= 11 is 0. The Bertz CT molecular complexity index is 1540. The van der Waals surface area contributed by atoms with Gasteiger partial charge in [0.15, 0.2) is 11.5 Å². The molecule has 0 aliphatic carbocycles. The molecule has 1 aromatic heterocycles. The number of pyridine rings is 1. The van der Waals surface area contributed by atoms with Crippen LogP contribution in [0.4, 0.5) is 0 Å². The predicted molar refractivity (Wildman–Crippen MR) is 140 cm³/mol. The van der Waals surface area contributed by atoms with Crippen molar-refractivity contribution in [3.05, 3.63) is 92.8 Å². The summed E-state index contributed by atoms with van der Waals surface area (Å²) in [5.74, 6) is 2.02. The standard InChI is InChI=1S/C29H28N2O6/c1-17-5-6-18(2)27-24(17)12-21(28(32)30-27)15-31(14-19-7-8-25-26(9-19)37-16-36-25)29(33)20-10-22(34-3)13-23(11-20)35-4/h5-13H,14-16H2,1-4H3,(H,30,32). The number of aryl methyl sites for hydroxylation is 2. The monoisotopic (exact) mass is 500 g/mol. The quantitative estimate of drug-likeness (QED) is 0.395. The fraction of sp³-hybridized carbons (Fsp3) is 0.241. The van der Waals surface area contributed by atoms with Gasteiger partial charge in [0.1, 0.15) is 11.5 Å². The highest BCUT2D eigenvalue weighted by atomic mass is 16.7. The summed E-state index contributed by atoms with van der Waals surface area (Å²) < 4.78 is 21.7. The maximum Gasteiger partial charge on any atom is 0.254 e. The van der Waals surface area contributed by atoms with Crippen LogP contribution in [0.5, 0.6) is 23.0 Å². The topological polar surface area (TPSA) is 90.1 Å². The molecule has 1 aliphatic rings. The summed E-state index contributed by atoms with van der Waals surface area (Å²) in [6.07, 6.45) is 0. The van der Waals surface area contributed by atoms with Crippen LogP contribution in [-0.2, 0) is 13.1 Å². The van der Waals surface area contributed by atoms with Gasteiger partial charge in [-0.3, -0.25) is 9.59 Å². The summed E-state index contributed by atoms with van der Waals surface area (Å²) in [7, 11) is 3.07. The van der Waals surface area contributed by atoms with E-state index in [1.165, 1.54) is 14.2 Å². The first-order valence-corrected chi connectivity index (χ1v) is 11.9. The molecule has 4 aromatic rings. The summed E-state index contributed by atoms with van der Waals surface area (Å²) in [4.78, 5) is 31.6. The summed E-state index contributed by atoms with van der Waals surface area (Å²) in [6, 6.07) is 16.5. The number of nitrogens with one attached hydrogen (secondary N) is 1. The Morgan fingerprint density at radius 3 is 2.32 bits per heavy atom. The number of amides is 1. The number of carbonyl (C=O) groups excluding carboxylic acids is 1. The minimum absolute atomic E-state index is 0.103. The molecular weight excluding hydrogens is 472 g/mol. The SMILES string of the molecule is COc1cc(OC)cc(C(=O)N(Cc2ccc3c(c2)OCO3)Cc2cc3c(C)ccc(C)c3[nH]c2=O)c1. The minimum atomic E-state index is -0.268. The number of methoxy groups -OCH3 is 2. The third-order valence-electron chi connectivity index (χ3n) is 6.58. The van der Waals surface area contributed by atoms with Gasteiger partial charge in [0.05, 0.1) is 26.3 Å². The summed E-state index contributed by atoms with van der Waals surface area (Å²) in [5, 5.41) is 0.952. The molecule has 0 saturated heterocycles. The van der Waals surface area contributed by atoms with Gasteiger partial charge < -0.3 is 28.8 Å². The van der Waals surface area contributed by atoms with Gasteiger partial charge in [0, 0.05) is 29.1 Å². The van der Waals surface area contributed by atoms with Gasteiger partial charge in [0.25, 0.3) is 11.5 Å². The fourth-order valence-corrected chi connectivity index (χ4v) is 4.51. The number of fused-ring (bicyclic) bond motifs is 2. The Balaban J connectivity index is 1.56. The van der Waals surface area contributed by atoms with Crippen molar-refractivity contribution in [2.75, 3.05) is 21.0 Å². The molecule has 0 saturated carbocycles. The van der Waals surface area contributed by atoms with E-state index in [4.69, 9.17) is 18.9 Å². The van der Waals surface area contributed by atoms with E-state index in [1.54, 1.807) is 23.1 Å². The van der Waals surface area contributed by atoms with Crippen LogP contribution in [0.1, 0.15) is 32.6 Å². The Labute approximate surface area is 214 Å². The molecule has 0 radical (unpaired) electrons. The van der Waals surface area contributed by atoms with Crippen molar-refractivity contribution in [3.8, 4) is 23.0 Å². The summed E-state index contributed by atoms with van der Waals surface area (Å²) in [6.45, 7) is 4.48. The van der Waals surface area contributed by atoms with Crippen molar-refractivity contribution < 1.29 is 23.7 Å². The van der Waals surface area contributed by atoms with Gasteiger partial charge in [-0.15, -0.1) is 0 Å². The third-order valence-corrected chi connectivity index (χ3v) is 6.58. The second kappa shape index (κ2) is 9.89. The van der Waals surface area contributed by atoms with Crippen LogP contribution in [0.15, 0.2) is 59.4 Å². The second-order valence-electron chi connectivity index (χ2n) is 9.06. The average molecular weight is 501 g/mol. The number of hydrogen-bond donors (Lipinski definition) is 1. The molecule has 2 heterocycles. The molecule has 1 aliphatic heterocycles. The van der Waals surface area contributed by atoms with E-state index in [1.807, 2.05) is 50.2 Å². The van der Waals surface area contributed by atoms with Crippen LogP contribution in [0, 0.1) is 13.8 Å². The van der Waals surface area contributed by atoms with Crippen LogP contribution in [0.3, 0.4) is 0 Å². The van der Waals surface area contributed by atoms with Gasteiger partial charge in [-0.25, -0.2) is 0 Å². The smallest absolute Gasteiger partial charge is 0.254 e. The van der Waals surface area contributed by atoms with Gasteiger partial charge >= 0.3 is 0 Å². The number of aromatic amines is 1. The predicted octanol–water partition coefficient (Wildman–Crippen LogP) is 4.73. The molecule has 0 spiro atoms. The maximum absolute atomic E-state index is 13.9. The maximum atomic E-state index is 13.9. The number of ether oxygens (including phenoxy) is 4. The first-order valence-electron chi connectivity index (χ1n) is 11.9. The molecule has 3 aromatic carbocycles. The number of rotatable bonds is 7. The van der Waals surface area contributed by atoms with Crippen molar-refractivity contribution in [3.63, 3.8) is 0 Å². The molecular formula is C29H28N2O6. The summed E-state index contributed by atoms with van der Waals surface area (Å²) in [5.41, 5.74) is 4.33. The molecule has 190 valence electrons. The molecule has 0 unspecified atom stereocenters. The molecule has 1 amide bonds. The molecule has 0 fully saturated rings. The Hall–Kier alpha value is -4.46. The molecule has 8 nitrogen and oxygen atoms in total. The van der Waals surface area contributed by atoms with Crippen LogP contribution in [0.25, 0.3) is 10.9 Å². The van der Waals surface area contributed by atoms with E-state index in [0.29, 0.717) is 34.1 Å². The Morgan fingerprint density at radius 1 is 0.892 bits per heavy atom. The lowest BCUT2D eigenvalue weighted by Gasteiger charge is -2.24. The second-order valence-corrected chi connectivity index (χ2v) is 9.06. The number of hydrogen-bond acceptors (Lipinski definition) is 6. The minimum Gasteiger partial charge on any atom is -0.497 e. The van der Waals surface area contributed by atoms with E-state index < -0.39 is 0 Å². The lowest BCUT2D eigenvalue weighted by atomic mass is 10.0. The third kappa shape index (κ3) is 4.82. The van der Waals surface area contributed by atoms with Crippen LogP contribution in [-0.4, -0.2) is 36.8 Å². The lowest BCUT2D eigenvalue weighted by Crippen LogP contribution is -2.32. The zero-order valence-electron chi connectivity index (χ0n) is 21.2. The average Bonchev–Trinajstić information content (AvgIpc) is 3.38. The first kappa shape index (κ1) is 24.2. The Kier molecular flexibility index (Phi) is 6.48. The zero-order chi connectivity index (χ0) is 26.1. The van der Waals surface area contributed by atoms with Crippen molar-refractivity contribution in [1.29, 1.82) is 0 Å². The number of benzene rings is 3. The van der Waals surface area contributed by atoms with Gasteiger partial charge in [0.2, 0.25) is 6.79 Å². The van der Waals surface area contributed by atoms with E-state index in [-0.39, 0.29) is 31.3 Å². The molecule has 37 heavy (non-hydrogen) atoms. The van der Waals surface area contributed by atoms with Crippen molar-refractivity contribution in [2.45, 2.75) is 26.9 Å². The molecule has 8 heteroatoms. The highest BCUT2D eigenvalue weighted by molar-refractivity contribution is 5.95. The highest BCUT2D eigenvalue weighted by Crippen LogP contribution is 2.33. The molecule has 5 rings (SSSR count). The van der Waals surface area contributed by atoms with Crippen molar-refractivity contribution in [1.82, 2.24) is 9.88 Å². The van der Waals surface area contributed by atoms with E-state index in [2.05, 4.69) is 4.98 Å². The van der Waals surface area contributed by atoms with Gasteiger partial charge in [-0.2, -0.15) is 0 Å². The zero-order valence-corrected chi connectivity index (χ0v) is 21.2. The van der Waals surface area contributed by atoms with Crippen molar-refractivity contribution >= 4 is 16.8 Å². The Morgan fingerprint density at radius 2 is 1.59 bits per heavy atom. The van der Waals surface area contributed by atoms with Gasteiger partial charge in [-0.1, -0.05) is 18.2 Å². The normalized spacial score (nSPS) is 12.0. The molecule has 0 atom stereocenters. The first-order chi connectivity index (χ1) is 17.9. The number of H-pyrrole nitrogens is 1. The number of aromatic nitrogens is 1. The lowest BCUT2D eigenvalue weighted by molar-refractivity contribution is 0.0728. The van der Waals surface area contributed by atoms with E-state index in [9.17, 15) is 9.59 Å². The molecule has 1 N–H and O–H groups in total. The van der Waals surface area contributed by atoms with Crippen molar-refractivity contribution in [2.24, 2.45) is 0 Å². The number of nitrogens with zero attached hydrogens (tertiary/aromatic N) is 1. The molecule has 0 bridgehead atoms. The van der Waals surface area contributed by atoms with E-state index in [0.717, 1.165) is 27.6 Å². The van der Waals surface area contributed by atoms with Crippen LogP contribution >= 0.6 is 0 Å². The number of carbonyl (C=O) groups is 1. The van der Waals surface area contributed by atoms with Crippen LogP contribution in [0.2, 0.25) is 0 Å². The highest BCUT2D eigenvalue weighted by Gasteiger charge is 2.22. The van der Waals surface area contributed by atoms with Gasteiger partial charge in [-0.05, 0) is 60.9 Å². The fourth-order valence-electron chi connectivity index (χ4n) is 4.51.